The first kappa shape index (κ1) is 17.6. The normalized spacial score (nSPS) is 21.9. The predicted molar refractivity (Wildman–Crippen MR) is 88.7 cm³/mol. The van der Waals surface area contributed by atoms with Crippen LogP contribution in [0.2, 0.25) is 0 Å². The Labute approximate surface area is 138 Å². The molecule has 23 heavy (non-hydrogen) atoms. The number of piperidine rings is 1. The highest BCUT2D eigenvalue weighted by atomic mass is 16.6. The average Bonchev–Trinajstić information content (AvgIpc) is 2.52. The van der Waals surface area contributed by atoms with Crippen molar-refractivity contribution in [1.29, 1.82) is 0 Å². The van der Waals surface area contributed by atoms with E-state index in [0.29, 0.717) is 13.1 Å². The van der Waals surface area contributed by atoms with Gasteiger partial charge in [-0.3, -0.25) is 0 Å². The molecule has 1 aliphatic heterocycles. The summed E-state index contributed by atoms with van der Waals surface area (Å²) in [6, 6.07) is 7.94. The summed E-state index contributed by atoms with van der Waals surface area (Å²) in [5, 5.41) is 9.75. The molecule has 0 aromatic heterocycles. The summed E-state index contributed by atoms with van der Waals surface area (Å²) in [7, 11) is 1.64. The molecule has 1 aromatic rings. The lowest BCUT2D eigenvalue weighted by Crippen LogP contribution is -2.46. The van der Waals surface area contributed by atoms with E-state index in [1.165, 1.54) is 5.56 Å². The Hall–Kier alpha value is -1.75. The van der Waals surface area contributed by atoms with Gasteiger partial charge in [0.15, 0.2) is 0 Å². The summed E-state index contributed by atoms with van der Waals surface area (Å²) in [5.41, 5.74) is 0.673. The molecular weight excluding hydrogens is 294 g/mol. The van der Waals surface area contributed by atoms with Crippen LogP contribution in [-0.4, -0.2) is 48.5 Å². The fourth-order valence-corrected chi connectivity index (χ4v) is 3.00. The van der Waals surface area contributed by atoms with Gasteiger partial charge in [0, 0.05) is 25.6 Å². The second-order valence-electron chi connectivity index (χ2n) is 7.04. The number of rotatable bonds is 3. The molecule has 128 valence electrons. The summed E-state index contributed by atoms with van der Waals surface area (Å²) >= 11 is 0. The van der Waals surface area contributed by atoms with Crippen molar-refractivity contribution in [1.82, 2.24) is 4.90 Å². The molecule has 1 N–H and O–H groups in total. The predicted octanol–water partition coefficient (Wildman–Crippen LogP) is 3.03. The van der Waals surface area contributed by atoms with Crippen LogP contribution in [0.5, 0.6) is 5.75 Å². The van der Waals surface area contributed by atoms with Crippen molar-refractivity contribution in [3.63, 3.8) is 0 Å². The van der Waals surface area contributed by atoms with E-state index in [2.05, 4.69) is 0 Å². The van der Waals surface area contributed by atoms with E-state index in [9.17, 15) is 9.90 Å². The van der Waals surface area contributed by atoms with Crippen molar-refractivity contribution < 1.29 is 19.4 Å². The van der Waals surface area contributed by atoms with Crippen molar-refractivity contribution in [2.75, 3.05) is 26.8 Å². The molecule has 2 atom stereocenters. The van der Waals surface area contributed by atoms with Gasteiger partial charge in [0.2, 0.25) is 0 Å². The number of benzene rings is 1. The SMILES string of the molecule is COc1ccc([C@H]2CCN(C(=O)OC(C)(C)C)C[C@@H]2CO)cc1. The smallest absolute Gasteiger partial charge is 0.410 e. The van der Waals surface area contributed by atoms with Crippen LogP contribution in [0, 0.1) is 5.92 Å². The van der Waals surface area contributed by atoms with Crippen molar-refractivity contribution in [3.8, 4) is 5.75 Å². The summed E-state index contributed by atoms with van der Waals surface area (Å²) in [6.07, 6.45) is 0.515. The summed E-state index contributed by atoms with van der Waals surface area (Å²) in [4.78, 5) is 13.9. The molecule has 1 heterocycles. The third-order valence-corrected chi connectivity index (χ3v) is 4.16. The minimum absolute atomic E-state index is 0.0182. The van der Waals surface area contributed by atoms with Gasteiger partial charge in [-0.15, -0.1) is 0 Å². The number of methoxy groups -OCH3 is 1. The lowest BCUT2D eigenvalue weighted by Gasteiger charge is -2.38. The van der Waals surface area contributed by atoms with E-state index >= 15 is 0 Å². The van der Waals surface area contributed by atoms with Gasteiger partial charge in [-0.1, -0.05) is 12.1 Å². The third-order valence-electron chi connectivity index (χ3n) is 4.16. The standard InChI is InChI=1S/C18H27NO4/c1-18(2,3)23-17(21)19-10-9-16(14(11-19)12-20)13-5-7-15(22-4)8-6-13/h5-8,14,16,20H,9-12H2,1-4H3/t14-,16-/m1/s1. The monoisotopic (exact) mass is 321 g/mol. The molecule has 0 aliphatic carbocycles. The number of nitrogens with zero attached hydrogens (tertiary/aromatic N) is 1. The molecular formula is C18H27NO4. The number of carbonyl (C=O) groups excluding carboxylic acids is 1. The Morgan fingerprint density at radius 1 is 1.30 bits per heavy atom. The van der Waals surface area contributed by atoms with Gasteiger partial charge in [0.1, 0.15) is 11.4 Å². The highest BCUT2D eigenvalue weighted by molar-refractivity contribution is 5.68. The zero-order valence-electron chi connectivity index (χ0n) is 14.4. The Bertz CT molecular complexity index is 521. The molecule has 1 amide bonds. The van der Waals surface area contributed by atoms with Crippen LogP contribution in [0.15, 0.2) is 24.3 Å². The number of hydrogen-bond donors (Lipinski definition) is 1. The molecule has 1 aromatic carbocycles. The van der Waals surface area contributed by atoms with E-state index in [0.717, 1.165) is 12.2 Å². The van der Waals surface area contributed by atoms with Gasteiger partial charge < -0.3 is 19.5 Å². The maximum absolute atomic E-state index is 12.2. The van der Waals surface area contributed by atoms with Gasteiger partial charge in [-0.05, 0) is 50.8 Å². The number of hydrogen-bond acceptors (Lipinski definition) is 4. The zero-order valence-corrected chi connectivity index (χ0v) is 14.4. The van der Waals surface area contributed by atoms with Crippen molar-refractivity contribution >= 4 is 6.09 Å². The largest absolute Gasteiger partial charge is 0.497 e. The van der Waals surface area contributed by atoms with Crippen LogP contribution in [0.1, 0.15) is 38.7 Å². The van der Waals surface area contributed by atoms with E-state index in [4.69, 9.17) is 9.47 Å². The number of amides is 1. The van der Waals surface area contributed by atoms with Crippen molar-refractivity contribution in [2.24, 2.45) is 5.92 Å². The summed E-state index contributed by atoms with van der Waals surface area (Å²) in [5.74, 6) is 1.08. The second-order valence-corrected chi connectivity index (χ2v) is 7.04. The molecule has 1 aliphatic rings. The van der Waals surface area contributed by atoms with Gasteiger partial charge in [-0.2, -0.15) is 0 Å². The summed E-state index contributed by atoms with van der Waals surface area (Å²) in [6.45, 7) is 6.79. The van der Waals surface area contributed by atoms with Crippen LogP contribution < -0.4 is 4.74 Å². The first-order valence-corrected chi connectivity index (χ1v) is 8.07. The fourth-order valence-electron chi connectivity index (χ4n) is 3.00. The van der Waals surface area contributed by atoms with Crippen molar-refractivity contribution in [3.05, 3.63) is 29.8 Å². The van der Waals surface area contributed by atoms with E-state index in [1.807, 2.05) is 45.0 Å². The van der Waals surface area contributed by atoms with Crippen LogP contribution in [0.3, 0.4) is 0 Å². The number of ether oxygens (including phenoxy) is 2. The second kappa shape index (κ2) is 7.21. The fraction of sp³-hybridized carbons (Fsp3) is 0.611. The van der Waals surface area contributed by atoms with Gasteiger partial charge in [0.05, 0.1) is 7.11 Å². The molecule has 0 radical (unpaired) electrons. The first-order chi connectivity index (χ1) is 10.8. The van der Waals surface area contributed by atoms with Gasteiger partial charge in [-0.25, -0.2) is 4.79 Å². The molecule has 0 saturated carbocycles. The Morgan fingerprint density at radius 3 is 2.48 bits per heavy atom. The maximum Gasteiger partial charge on any atom is 0.410 e. The van der Waals surface area contributed by atoms with Crippen LogP contribution >= 0.6 is 0 Å². The molecule has 5 nitrogen and oxygen atoms in total. The molecule has 5 heteroatoms. The highest BCUT2D eigenvalue weighted by Gasteiger charge is 2.33. The van der Waals surface area contributed by atoms with Crippen LogP contribution in [0.25, 0.3) is 0 Å². The lowest BCUT2D eigenvalue weighted by molar-refractivity contribution is 0.0102. The van der Waals surface area contributed by atoms with Gasteiger partial charge in [0.25, 0.3) is 0 Å². The summed E-state index contributed by atoms with van der Waals surface area (Å²) < 4.78 is 10.6. The number of aliphatic hydroxyl groups is 1. The maximum atomic E-state index is 12.2. The molecule has 0 unspecified atom stereocenters. The number of aliphatic hydroxyl groups excluding tert-OH is 1. The molecule has 2 rings (SSSR count). The highest BCUT2D eigenvalue weighted by Crippen LogP contribution is 2.34. The Morgan fingerprint density at radius 2 is 1.96 bits per heavy atom. The number of carbonyl (C=O) groups is 1. The topological polar surface area (TPSA) is 59.0 Å². The minimum Gasteiger partial charge on any atom is -0.497 e. The van der Waals surface area contributed by atoms with Crippen molar-refractivity contribution in [2.45, 2.75) is 38.7 Å². The van der Waals surface area contributed by atoms with E-state index in [1.54, 1.807) is 12.0 Å². The molecule has 0 spiro atoms. The van der Waals surface area contributed by atoms with E-state index < -0.39 is 5.60 Å². The van der Waals surface area contributed by atoms with Crippen LogP contribution in [0.4, 0.5) is 4.79 Å². The zero-order chi connectivity index (χ0) is 17.0. The molecule has 0 bridgehead atoms. The van der Waals surface area contributed by atoms with Gasteiger partial charge >= 0.3 is 6.09 Å². The lowest BCUT2D eigenvalue weighted by atomic mass is 9.81. The molecule has 1 fully saturated rings. The third kappa shape index (κ3) is 4.61. The van der Waals surface area contributed by atoms with Crippen LogP contribution in [-0.2, 0) is 4.74 Å². The first-order valence-electron chi connectivity index (χ1n) is 8.07. The Kier molecular flexibility index (Phi) is 5.52. The molecule has 1 saturated heterocycles. The van der Waals surface area contributed by atoms with E-state index in [-0.39, 0.29) is 24.5 Å². The quantitative estimate of drug-likeness (QED) is 0.929. The number of likely N-dealkylation sites (tertiary alicyclic amines) is 1. The average molecular weight is 321 g/mol. The Balaban J connectivity index is 2.05. The minimum atomic E-state index is -0.501.